The third kappa shape index (κ3) is 2.39. The van der Waals surface area contributed by atoms with Crippen LogP contribution in [0.5, 0.6) is 0 Å². The summed E-state index contributed by atoms with van der Waals surface area (Å²) in [5.41, 5.74) is -1.17. The number of amides is 1. The lowest BCUT2D eigenvalue weighted by Gasteiger charge is -2.61. The van der Waals surface area contributed by atoms with Gasteiger partial charge in [-0.25, -0.2) is 5.01 Å². The maximum atomic E-state index is 12.6. The van der Waals surface area contributed by atoms with E-state index in [0.29, 0.717) is 31.2 Å². The van der Waals surface area contributed by atoms with Crippen LogP contribution in [0.2, 0.25) is 0 Å². The summed E-state index contributed by atoms with van der Waals surface area (Å²) in [5, 5.41) is 24.6. The van der Waals surface area contributed by atoms with Gasteiger partial charge >= 0.3 is 0 Å². The molecule has 5 rings (SSSR count). The summed E-state index contributed by atoms with van der Waals surface area (Å²) >= 11 is 0. The van der Waals surface area contributed by atoms with Crippen LogP contribution in [0.3, 0.4) is 0 Å². The van der Waals surface area contributed by atoms with E-state index in [2.05, 4.69) is 11.4 Å². The number of hydrogen-bond acceptors (Lipinski definition) is 5. The van der Waals surface area contributed by atoms with Crippen LogP contribution in [0.4, 0.5) is 0 Å². The summed E-state index contributed by atoms with van der Waals surface area (Å²) in [4.78, 5) is 25.8. The molecule has 3 unspecified atom stereocenters. The number of carbonyl (C=O) groups excluding carboxylic acids is 1. The first kappa shape index (κ1) is 15.8. The number of aliphatic hydroxyl groups is 1. The molecule has 1 saturated heterocycles. The number of hydrogen-bond donors (Lipinski definition) is 1. The molecule has 0 spiro atoms. The minimum absolute atomic E-state index is 0.0722. The van der Waals surface area contributed by atoms with Crippen molar-refractivity contribution < 1.29 is 9.90 Å². The zero-order chi connectivity index (χ0) is 16.9. The van der Waals surface area contributed by atoms with Crippen LogP contribution >= 0.6 is 0 Å². The SMILES string of the molecule is N#[13C][13CH]1[13CH2][13CH2][13CH2][15N]1C(=O)CN(N=O)C12CC3CC(CC(O)(C3)C1)C2. The lowest BCUT2D eigenvalue weighted by atomic mass is 9.51. The van der Waals surface area contributed by atoms with Crippen LogP contribution in [0.15, 0.2) is 5.29 Å². The summed E-state index contributed by atoms with van der Waals surface area (Å²) in [6, 6.07) is 1.78. The van der Waals surface area contributed by atoms with E-state index >= 15 is 0 Å². The molecule has 4 aliphatic carbocycles. The van der Waals surface area contributed by atoms with Gasteiger partial charge in [-0.05, 0) is 56.8 Å². The van der Waals surface area contributed by atoms with Gasteiger partial charge in [0.25, 0.3) is 0 Å². The van der Waals surface area contributed by atoms with Crippen molar-refractivity contribution in [2.45, 2.75) is 68.5 Å². The molecule has 7 heteroatoms. The summed E-state index contributed by atoms with van der Waals surface area (Å²) < 4.78 is 0. The molecule has 1 N–H and O–H groups in total. The van der Waals surface area contributed by atoms with Crippen molar-refractivity contribution in [2.24, 2.45) is 17.1 Å². The Labute approximate surface area is 141 Å². The Kier molecular flexibility index (Phi) is 3.57. The number of carbonyl (C=O) groups is 1. The second-order valence-corrected chi connectivity index (χ2v) is 8.42. The molecule has 3 atom stereocenters. The van der Waals surface area contributed by atoms with Crippen LogP contribution in [-0.4, -0.2) is 51.2 Å². The van der Waals surface area contributed by atoms with E-state index in [4.69, 9.17) is 5.26 Å². The fourth-order valence-corrected chi connectivity index (χ4v) is 6.17. The van der Waals surface area contributed by atoms with E-state index in [0.717, 1.165) is 38.5 Å². The Morgan fingerprint density at radius 1 is 1.33 bits per heavy atom. The highest BCUT2D eigenvalue weighted by Gasteiger charge is 2.60. The van der Waals surface area contributed by atoms with Crippen molar-refractivity contribution in [3.05, 3.63) is 4.91 Å². The zero-order valence-corrected chi connectivity index (χ0v) is 13.9. The first-order chi connectivity index (χ1) is 11.5. The Hall–Kier alpha value is -1.68. The van der Waals surface area contributed by atoms with Crippen molar-refractivity contribution in [3.8, 4) is 6.07 Å². The second kappa shape index (κ2) is 5.41. The van der Waals surface area contributed by atoms with Gasteiger partial charge in [-0.1, -0.05) is 0 Å². The van der Waals surface area contributed by atoms with Crippen molar-refractivity contribution >= 4 is 5.91 Å². The number of nitrogens with zero attached hydrogens (tertiary/aromatic N) is 4. The van der Waals surface area contributed by atoms with Crippen molar-refractivity contribution in [1.82, 2.24) is 9.91 Å². The highest BCUT2D eigenvalue weighted by molar-refractivity contribution is 5.79. The lowest BCUT2D eigenvalue weighted by Crippen LogP contribution is -2.65. The molecule has 1 amide bonds. The van der Waals surface area contributed by atoms with Gasteiger partial charge in [-0.2, -0.15) is 5.26 Å². The molecular weight excluding hydrogens is 314 g/mol. The number of likely N-dealkylation sites (tertiary alicyclic amines) is 1. The number of rotatable bonds is 4. The fraction of sp³-hybridized carbons (Fsp3) is 0.882. The van der Waals surface area contributed by atoms with E-state index < -0.39 is 11.1 Å². The topological polar surface area (TPSA) is 97.0 Å². The standard InChI is InChI=1S/C17H24N4O3/c18-9-14-2-1-3-20(14)15(22)10-21(19-24)16-5-12-4-13(6-16)8-17(23,7-12)11-16/h12-14,23H,1-8,10-11H2/i1+1,2+1,3+1,9+1,14+1,20+1. The lowest BCUT2D eigenvalue weighted by molar-refractivity contribution is -0.179. The average Bonchev–Trinajstić information content (AvgIpc) is 2.98. The molecule has 4 bridgehead atoms. The minimum atomic E-state index is -0.696. The maximum absolute atomic E-state index is 12.6. The Bertz CT molecular complexity index is 587. The van der Waals surface area contributed by atoms with E-state index in [1.807, 2.05) is 0 Å². The molecule has 130 valence electrons. The van der Waals surface area contributed by atoms with Gasteiger partial charge in [-0.15, -0.1) is 4.91 Å². The zero-order valence-electron chi connectivity index (χ0n) is 13.9. The van der Waals surface area contributed by atoms with Crippen molar-refractivity contribution in [1.29, 1.82) is 5.26 Å². The van der Waals surface area contributed by atoms with E-state index in [9.17, 15) is 14.8 Å². The molecule has 5 fully saturated rings. The Morgan fingerprint density at radius 2 is 2.04 bits per heavy atom. The fourth-order valence-electron chi connectivity index (χ4n) is 6.17. The predicted octanol–water partition coefficient (Wildman–Crippen LogP) is 1.57. The molecule has 7 nitrogen and oxygen atoms in total. The largest absolute Gasteiger partial charge is 0.390 e. The van der Waals surface area contributed by atoms with Gasteiger partial charge in [0.1, 0.15) is 12.6 Å². The quantitative estimate of drug-likeness (QED) is 0.363. The summed E-state index contributed by atoms with van der Waals surface area (Å²) in [5.74, 6) is 0.657. The smallest absolute Gasteiger partial charge is 0.245 e. The molecule has 0 radical (unpaired) electrons. The maximum Gasteiger partial charge on any atom is 0.245 e. The van der Waals surface area contributed by atoms with E-state index in [-0.39, 0.29) is 18.5 Å². The van der Waals surface area contributed by atoms with Gasteiger partial charge in [0.2, 0.25) is 5.91 Å². The summed E-state index contributed by atoms with van der Waals surface area (Å²) in [6.45, 7) is 0.503. The van der Waals surface area contributed by atoms with Crippen LogP contribution in [0, 0.1) is 28.1 Å². The average molecular weight is 338 g/mol. The Morgan fingerprint density at radius 3 is 2.62 bits per heavy atom. The second-order valence-electron chi connectivity index (χ2n) is 8.42. The normalized spacial score (nSPS) is 42.8. The molecule has 0 aromatic carbocycles. The van der Waals surface area contributed by atoms with Gasteiger partial charge in [0, 0.05) is 13.0 Å². The molecule has 5 aliphatic rings. The van der Waals surface area contributed by atoms with Crippen molar-refractivity contribution in [3.63, 3.8) is 0 Å². The summed E-state index contributed by atoms with van der Waals surface area (Å²) in [6.07, 6.45) is 6.49. The first-order valence-electron chi connectivity index (χ1n) is 8.99. The van der Waals surface area contributed by atoms with Crippen LogP contribution in [0.25, 0.3) is 0 Å². The van der Waals surface area contributed by atoms with Gasteiger partial charge < -0.3 is 10.0 Å². The van der Waals surface area contributed by atoms with Crippen LogP contribution in [-0.2, 0) is 4.79 Å². The molecule has 24 heavy (non-hydrogen) atoms. The monoisotopic (exact) mass is 338 g/mol. The van der Waals surface area contributed by atoms with Gasteiger partial charge in [0.15, 0.2) is 0 Å². The van der Waals surface area contributed by atoms with Gasteiger partial charge in [-0.3, -0.25) is 4.79 Å². The summed E-state index contributed by atoms with van der Waals surface area (Å²) in [7, 11) is 0. The van der Waals surface area contributed by atoms with Crippen molar-refractivity contribution in [2.75, 3.05) is 13.1 Å². The van der Waals surface area contributed by atoms with Gasteiger partial charge in [0.05, 0.1) is 22.5 Å². The Balaban J connectivity index is 1.53. The first-order valence-corrected chi connectivity index (χ1v) is 8.99. The molecule has 1 heterocycles. The molecule has 4 saturated carbocycles. The highest BCUT2D eigenvalue weighted by Crippen LogP contribution is 2.59. The molecule has 0 aromatic rings. The van der Waals surface area contributed by atoms with Crippen LogP contribution < -0.4 is 0 Å². The molecular formula is C17H24N4O3. The van der Waals surface area contributed by atoms with Crippen LogP contribution in [0.1, 0.15) is 51.4 Å². The van der Waals surface area contributed by atoms with E-state index in [1.165, 1.54) is 5.01 Å². The number of nitriles is 1. The molecule has 0 aromatic heterocycles. The predicted molar refractivity (Wildman–Crippen MR) is 85.2 cm³/mol. The third-order valence-corrected chi connectivity index (χ3v) is 6.65. The third-order valence-electron chi connectivity index (χ3n) is 6.65. The minimum Gasteiger partial charge on any atom is -0.390 e. The number of nitroso groups, excluding NO2 is 1. The van der Waals surface area contributed by atoms with E-state index in [1.54, 1.807) is 4.90 Å². The molecule has 1 aliphatic heterocycles. The highest BCUT2D eigenvalue weighted by atomic mass is 16.3.